The summed E-state index contributed by atoms with van der Waals surface area (Å²) in [7, 11) is 1.60. The van der Waals surface area contributed by atoms with Crippen molar-refractivity contribution in [2.75, 3.05) is 20.3 Å². The fourth-order valence-electron chi connectivity index (χ4n) is 4.77. The summed E-state index contributed by atoms with van der Waals surface area (Å²) < 4.78 is 11.2. The number of nitrogens with one attached hydrogen (secondary N) is 2. The molecule has 3 aromatic carbocycles. The Morgan fingerprint density at radius 2 is 1.73 bits per heavy atom. The van der Waals surface area contributed by atoms with E-state index in [0.717, 1.165) is 27.6 Å². The number of amides is 3. The quantitative estimate of drug-likeness (QED) is 0.216. The number of aromatic amines is 1. The van der Waals surface area contributed by atoms with Crippen LogP contribution in [0.1, 0.15) is 31.5 Å². The first kappa shape index (κ1) is 29.2. The van der Waals surface area contributed by atoms with Crippen LogP contribution >= 0.6 is 0 Å². The summed E-state index contributed by atoms with van der Waals surface area (Å²) in [4.78, 5) is 41.8. The first-order valence-corrected chi connectivity index (χ1v) is 13.5. The van der Waals surface area contributed by atoms with Crippen LogP contribution in [0.4, 0.5) is 0 Å². The Bertz CT molecular complexity index is 1490. The molecule has 0 aliphatic carbocycles. The minimum Gasteiger partial charge on any atom is -0.496 e. The summed E-state index contributed by atoms with van der Waals surface area (Å²) in [6.45, 7) is 1.99. The lowest BCUT2D eigenvalue weighted by Gasteiger charge is -2.28. The summed E-state index contributed by atoms with van der Waals surface area (Å²) in [5.41, 5.74) is 9.11. The number of rotatable bonds is 14. The maximum absolute atomic E-state index is 13.1. The number of primary amides is 1. The van der Waals surface area contributed by atoms with E-state index in [2.05, 4.69) is 10.3 Å². The van der Waals surface area contributed by atoms with E-state index in [0.29, 0.717) is 37.4 Å². The molecule has 216 valence electrons. The Hall–Kier alpha value is -4.79. The zero-order valence-corrected chi connectivity index (χ0v) is 23.4. The minimum atomic E-state index is -0.375. The van der Waals surface area contributed by atoms with Crippen LogP contribution in [0.3, 0.4) is 0 Å². The van der Waals surface area contributed by atoms with Gasteiger partial charge in [0.1, 0.15) is 11.5 Å². The van der Waals surface area contributed by atoms with Gasteiger partial charge in [0.05, 0.1) is 13.2 Å². The normalized spacial score (nSPS) is 11.6. The highest BCUT2D eigenvalue weighted by atomic mass is 16.5. The predicted molar refractivity (Wildman–Crippen MR) is 160 cm³/mol. The van der Waals surface area contributed by atoms with Gasteiger partial charge in [0, 0.05) is 50.5 Å². The number of hydrogen-bond acceptors (Lipinski definition) is 5. The Morgan fingerprint density at radius 1 is 1.00 bits per heavy atom. The van der Waals surface area contributed by atoms with E-state index in [1.54, 1.807) is 24.1 Å². The monoisotopic (exact) mass is 558 g/mol. The summed E-state index contributed by atoms with van der Waals surface area (Å²) >= 11 is 0. The molecule has 1 aromatic heterocycles. The van der Waals surface area contributed by atoms with Gasteiger partial charge >= 0.3 is 0 Å². The first-order valence-electron chi connectivity index (χ1n) is 13.5. The molecule has 41 heavy (non-hydrogen) atoms. The van der Waals surface area contributed by atoms with Gasteiger partial charge in [-0.3, -0.25) is 14.4 Å². The maximum atomic E-state index is 13.1. The van der Waals surface area contributed by atoms with Gasteiger partial charge in [-0.2, -0.15) is 0 Å². The number of aryl methyl sites for hydroxylation is 1. The molecule has 0 aliphatic rings. The van der Waals surface area contributed by atoms with Crippen molar-refractivity contribution in [1.29, 1.82) is 0 Å². The lowest BCUT2D eigenvalue weighted by Crippen LogP contribution is -2.47. The lowest BCUT2D eigenvalue weighted by molar-refractivity contribution is -0.131. The summed E-state index contributed by atoms with van der Waals surface area (Å²) in [5, 5.41) is 4.15. The van der Waals surface area contributed by atoms with Gasteiger partial charge in [0.2, 0.25) is 11.8 Å². The van der Waals surface area contributed by atoms with E-state index in [1.165, 1.54) is 6.92 Å². The Kier molecular flexibility index (Phi) is 9.99. The van der Waals surface area contributed by atoms with Gasteiger partial charge in [-0.25, -0.2) is 0 Å². The van der Waals surface area contributed by atoms with Crippen molar-refractivity contribution in [2.24, 2.45) is 5.73 Å². The average Bonchev–Trinajstić information content (AvgIpc) is 3.38. The number of hydrogen-bond donors (Lipinski definition) is 3. The smallest absolute Gasteiger partial charge is 0.258 e. The van der Waals surface area contributed by atoms with E-state index in [1.807, 2.05) is 66.9 Å². The highest BCUT2D eigenvalue weighted by molar-refractivity contribution is 5.83. The molecule has 1 unspecified atom stereocenters. The second-order valence-electron chi connectivity index (χ2n) is 9.94. The van der Waals surface area contributed by atoms with E-state index in [9.17, 15) is 14.4 Å². The van der Waals surface area contributed by atoms with Crippen molar-refractivity contribution in [3.63, 3.8) is 0 Å². The molecule has 0 bridgehead atoms. The van der Waals surface area contributed by atoms with Crippen molar-refractivity contribution < 1.29 is 25.3 Å². The molecule has 9 nitrogen and oxygen atoms in total. The second kappa shape index (κ2) is 14.0. The molecular formula is C32H38N4O5. The molecule has 4 aromatic rings. The molecule has 0 fully saturated rings. The molecule has 1 heterocycles. The number of methoxy groups -OCH3 is 1. The number of H-pyrrole nitrogens is 1. The Labute approximate surface area is 241 Å². The molecule has 0 spiro atoms. The van der Waals surface area contributed by atoms with Crippen LogP contribution in [-0.2, 0) is 33.8 Å². The van der Waals surface area contributed by atoms with E-state index >= 15 is 0 Å². The van der Waals surface area contributed by atoms with Crippen molar-refractivity contribution in [1.82, 2.24) is 15.2 Å². The van der Waals surface area contributed by atoms with E-state index in [-0.39, 0.29) is 38.2 Å². The third kappa shape index (κ3) is 8.35. The number of para-hydroxylation sites is 2. The lowest BCUT2D eigenvalue weighted by atomic mass is 10.0. The molecule has 0 saturated carbocycles. The predicted octanol–water partition coefficient (Wildman–Crippen LogP) is 4.00. The van der Waals surface area contributed by atoms with Crippen LogP contribution < -0.4 is 20.5 Å². The number of carbonyl (C=O) groups is 3. The SMILES string of the molecule is COc1ccccc1CN(CC(Cc1c[nH]c2ccccc12)NC(=O)COc1ccc(CCC(N)=O)cc1)C(C)=O.[HH]. The zero-order chi connectivity index (χ0) is 29.2. The number of ether oxygens (including phenoxy) is 2. The summed E-state index contributed by atoms with van der Waals surface area (Å²) in [5.74, 6) is 0.480. The number of aromatic nitrogens is 1. The molecule has 0 aliphatic heterocycles. The zero-order valence-electron chi connectivity index (χ0n) is 23.4. The second-order valence-corrected chi connectivity index (χ2v) is 9.94. The van der Waals surface area contributed by atoms with Crippen LogP contribution in [-0.4, -0.2) is 53.9 Å². The fraction of sp³-hybridized carbons (Fsp3) is 0.281. The molecular weight excluding hydrogens is 520 g/mol. The van der Waals surface area contributed by atoms with E-state index < -0.39 is 0 Å². The van der Waals surface area contributed by atoms with Crippen LogP contribution in [0.5, 0.6) is 11.5 Å². The van der Waals surface area contributed by atoms with Crippen LogP contribution in [0.25, 0.3) is 10.9 Å². The van der Waals surface area contributed by atoms with Gasteiger partial charge in [-0.1, -0.05) is 48.5 Å². The molecule has 9 heteroatoms. The molecule has 0 radical (unpaired) electrons. The fourth-order valence-corrected chi connectivity index (χ4v) is 4.77. The summed E-state index contributed by atoms with van der Waals surface area (Å²) in [6, 6.07) is 22.4. The average molecular weight is 559 g/mol. The van der Waals surface area contributed by atoms with E-state index in [4.69, 9.17) is 15.2 Å². The van der Waals surface area contributed by atoms with Gasteiger partial charge in [-0.05, 0) is 48.2 Å². The minimum absolute atomic E-state index is 0. The van der Waals surface area contributed by atoms with Gasteiger partial charge in [0.25, 0.3) is 5.91 Å². The van der Waals surface area contributed by atoms with Gasteiger partial charge in [0.15, 0.2) is 6.61 Å². The van der Waals surface area contributed by atoms with Crippen LogP contribution in [0, 0.1) is 0 Å². The molecule has 3 amide bonds. The standard InChI is InChI=1S/C32H36N4O5.H2/c1-22(37)36(19-24-7-3-6-10-30(24)40-2)20-26(17-25-18-34-29-9-5-4-8-28(25)29)35-32(39)21-41-27-14-11-23(12-15-27)13-16-31(33)38;/h3-12,14-15,18,26,34H,13,16-17,19-21H2,1-2H3,(H2,33,38)(H,35,39);1H. The molecule has 4 rings (SSSR count). The highest BCUT2D eigenvalue weighted by Crippen LogP contribution is 2.22. The number of nitrogens with two attached hydrogens (primary N) is 1. The van der Waals surface area contributed by atoms with Gasteiger partial charge < -0.3 is 30.4 Å². The van der Waals surface area contributed by atoms with Crippen molar-refractivity contribution in [3.05, 3.63) is 95.7 Å². The molecule has 0 saturated heterocycles. The maximum Gasteiger partial charge on any atom is 0.258 e. The van der Waals surface area contributed by atoms with Crippen molar-refractivity contribution in [3.8, 4) is 11.5 Å². The highest BCUT2D eigenvalue weighted by Gasteiger charge is 2.22. The summed E-state index contributed by atoms with van der Waals surface area (Å²) in [6.07, 6.45) is 3.28. The third-order valence-corrected chi connectivity index (χ3v) is 6.90. The first-order chi connectivity index (χ1) is 19.8. The molecule has 1 atom stereocenters. The number of fused-ring (bicyclic) bond motifs is 1. The van der Waals surface area contributed by atoms with Crippen LogP contribution in [0.15, 0.2) is 79.0 Å². The number of carbonyl (C=O) groups excluding carboxylic acids is 3. The topological polar surface area (TPSA) is 127 Å². The van der Waals surface area contributed by atoms with Crippen molar-refractivity contribution >= 4 is 28.6 Å². The van der Waals surface area contributed by atoms with Crippen LogP contribution in [0.2, 0.25) is 0 Å². The number of benzene rings is 3. The largest absolute Gasteiger partial charge is 0.496 e. The Balaban J connectivity index is 0.00000484. The molecule has 4 N–H and O–H groups in total. The number of nitrogens with zero attached hydrogens (tertiary/aromatic N) is 1. The van der Waals surface area contributed by atoms with Gasteiger partial charge in [-0.15, -0.1) is 0 Å². The van der Waals surface area contributed by atoms with Crippen molar-refractivity contribution in [2.45, 2.75) is 38.8 Å². The Morgan fingerprint density at radius 3 is 2.46 bits per heavy atom. The third-order valence-electron chi connectivity index (χ3n) is 6.90.